The maximum atomic E-state index is 10.6. The molecule has 0 aromatic carbocycles. The molecule has 0 saturated heterocycles. The van der Waals surface area contributed by atoms with Gasteiger partial charge >= 0.3 is 0 Å². The molecular weight excluding hydrogens is 156 g/mol. The number of amides is 1. The second kappa shape index (κ2) is 3.52. The Kier molecular flexibility index (Phi) is 3.31. The number of hydrogen-bond acceptors (Lipinski definition) is 4. The smallest absolute Gasteiger partial charge is 0.247 e. The minimum Gasteiger partial charge on any atom is -0.305 e. The number of hydrogen-bond donors (Lipinski definition) is 2. The van der Waals surface area contributed by atoms with Gasteiger partial charge in [0.25, 0.3) is 0 Å². The van der Waals surface area contributed by atoms with Gasteiger partial charge in [-0.15, -0.1) is 0 Å². The Morgan fingerprint density at radius 1 is 1.50 bits per heavy atom. The molecule has 0 atom stereocenters. The third kappa shape index (κ3) is 4.28. The normalized spacial score (nSPS) is 11.0. The lowest BCUT2D eigenvalue weighted by Crippen LogP contribution is -2.34. The van der Waals surface area contributed by atoms with Crippen LogP contribution < -0.4 is 10.0 Å². The Morgan fingerprint density at radius 3 is 2.30 bits per heavy atom. The van der Waals surface area contributed by atoms with Gasteiger partial charge in [0.05, 0.1) is 0 Å². The highest BCUT2D eigenvalue weighted by Crippen LogP contribution is 1.77. The van der Waals surface area contributed by atoms with Crippen LogP contribution in [0, 0.1) is 0 Å². The van der Waals surface area contributed by atoms with Crippen molar-refractivity contribution in [2.24, 2.45) is 0 Å². The molecule has 0 aromatic heterocycles. The molecule has 2 N–H and O–H groups in total. The number of rotatable bonds is 3. The van der Waals surface area contributed by atoms with Gasteiger partial charge in [0, 0.05) is 6.92 Å². The van der Waals surface area contributed by atoms with Crippen LogP contribution in [0.15, 0.2) is 0 Å². The largest absolute Gasteiger partial charge is 0.305 e. The Morgan fingerprint density at radius 2 is 2.00 bits per heavy atom. The zero-order valence-corrected chi connectivity index (χ0v) is 6.66. The van der Waals surface area contributed by atoms with Crippen LogP contribution in [0.3, 0.4) is 0 Å². The molecule has 5 nitrogen and oxygen atoms in total. The zero-order chi connectivity index (χ0) is 8.20. The fourth-order valence-corrected chi connectivity index (χ4v) is 1.34. The molecule has 0 radical (unpaired) electrons. The fraction of sp³-hybridized carbons (Fsp3) is 0.750. The molecule has 0 aromatic rings. The van der Waals surface area contributed by atoms with Gasteiger partial charge in [0.1, 0.15) is 5.88 Å². The van der Waals surface area contributed by atoms with Crippen LogP contribution in [-0.2, 0) is 14.8 Å². The second-order valence-electron chi connectivity index (χ2n) is 1.77. The SMILES string of the molecule is CNCS(=O)(=O)NC(C)=O. The summed E-state index contributed by atoms with van der Waals surface area (Å²) in [5, 5.41) is 2.41. The first-order chi connectivity index (χ1) is 4.48. The number of nitrogens with one attached hydrogen (secondary N) is 2. The Labute approximate surface area is 59.9 Å². The molecular formula is C4H10N2O3S. The molecule has 60 valence electrons. The van der Waals surface area contributed by atoms with E-state index in [0.717, 1.165) is 6.92 Å². The molecule has 0 saturated carbocycles. The standard InChI is InChI=1S/C4H10N2O3S/c1-4(7)6-10(8,9)3-5-2/h5H,3H2,1-2H3,(H,6,7). The first kappa shape index (κ1) is 9.38. The Balaban J connectivity index is 4.02. The molecule has 0 unspecified atom stereocenters. The molecule has 0 rings (SSSR count). The number of carbonyl (C=O) groups is 1. The van der Waals surface area contributed by atoms with Crippen molar-refractivity contribution in [1.82, 2.24) is 10.0 Å². The minimum atomic E-state index is -3.44. The van der Waals surface area contributed by atoms with Crippen LogP contribution in [0.4, 0.5) is 0 Å². The Hall–Kier alpha value is -0.620. The van der Waals surface area contributed by atoms with E-state index in [-0.39, 0.29) is 5.88 Å². The van der Waals surface area contributed by atoms with Crippen molar-refractivity contribution in [3.8, 4) is 0 Å². The highest BCUT2D eigenvalue weighted by Gasteiger charge is 2.08. The van der Waals surface area contributed by atoms with E-state index >= 15 is 0 Å². The molecule has 0 aliphatic rings. The van der Waals surface area contributed by atoms with Crippen molar-refractivity contribution in [3.63, 3.8) is 0 Å². The summed E-state index contributed by atoms with van der Waals surface area (Å²) in [6.07, 6.45) is 0. The molecule has 6 heteroatoms. The predicted octanol–water partition coefficient (Wildman–Crippen LogP) is -1.37. The summed E-state index contributed by atoms with van der Waals surface area (Å²) in [5.74, 6) is -0.817. The number of sulfonamides is 1. The van der Waals surface area contributed by atoms with E-state index in [1.165, 1.54) is 7.05 Å². The summed E-state index contributed by atoms with van der Waals surface area (Å²) in [4.78, 5) is 10.2. The first-order valence-corrected chi connectivity index (χ1v) is 4.29. The van der Waals surface area contributed by atoms with Crippen LogP contribution >= 0.6 is 0 Å². The topological polar surface area (TPSA) is 75.3 Å². The second-order valence-corrected chi connectivity index (χ2v) is 3.49. The van der Waals surface area contributed by atoms with Gasteiger partial charge in [-0.05, 0) is 7.05 Å². The van der Waals surface area contributed by atoms with E-state index in [1.807, 2.05) is 0 Å². The lowest BCUT2D eigenvalue weighted by molar-refractivity contribution is -0.117. The average Bonchev–Trinajstić information content (AvgIpc) is 1.59. The van der Waals surface area contributed by atoms with Crippen molar-refractivity contribution in [3.05, 3.63) is 0 Å². The van der Waals surface area contributed by atoms with E-state index in [0.29, 0.717) is 0 Å². The number of carbonyl (C=O) groups excluding carboxylic acids is 1. The molecule has 0 aliphatic carbocycles. The fourth-order valence-electron chi connectivity index (χ4n) is 0.445. The van der Waals surface area contributed by atoms with Crippen LogP contribution in [0.5, 0.6) is 0 Å². The maximum Gasteiger partial charge on any atom is 0.247 e. The highest BCUT2D eigenvalue weighted by molar-refractivity contribution is 7.89. The van der Waals surface area contributed by atoms with E-state index < -0.39 is 15.9 Å². The summed E-state index contributed by atoms with van der Waals surface area (Å²) in [5.41, 5.74) is 0. The van der Waals surface area contributed by atoms with Gasteiger partial charge in [-0.2, -0.15) is 0 Å². The van der Waals surface area contributed by atoms with Gasteiger partial charge < -0.3 is 5.32 Å². The minimum absolute atomic E-state index is 0.243. The van der Waals surface area contributed by atoms with E-state index in [2.05, 4.69) is 5.32 Å². The highest BCUT2D eigenvalue weighted by atomic mass is 32.2. The van der Waals surface area contributed by atoms with Gasteiger partial charge in [0.2, 0.25) is 15.9 Å². The van der Waals surface area contributed by atoms with E-state index in [4.69, 9.17) is 0 Å². The molecule has 0 spiro atoms. The molecule has 0 fully saturated rings. The van der Waals surface area contributed by atoms with Gasteiger partial charge in [-0.1, -0.05) is 0 Å². The summed E-state index contributed by atoms with van der Waals surface area (Å²) in [6, 6.07) is 0. The van der Waals surface area contributed by atoms with Gasteiger partial charge in [-0.25, -0.2) is 8.42 Å². The van der Waals surface area contributed by atoms with Crippen LogP contribution in [0.2, 0.25) is 0 Å². The quantitative estimate of drug-likeness (QED) is 0.542. The van der Waals surface area contributed by atoms with Gasteiger partial charge in [0.15, 0.2) is 0 Å². The molecule has 0 bridgehead atoms. The Bertz CT molecular complexity index is 209. The lowest BCUT2D eigenvalue weighted by atomic mass is 10.8. The monoisotopic (exact) mass is 166 g/mol. The first-order valence-electron chi connectivity index (χ1n) is 2.63. The van der Waals surface area contributed by atoms with Crippen LogP contribution in [0.1, 0.15) is 6.92 Å². The van der Waals surface area contributed by atoms with Crippen molar-refractivity contribution >= 4 is 15.9 Å². The summed E-state index contributed by atoms with van der Waals surface area (Å²) in [7, 11) is -1.96. The molecule has 10 heavy (non-hydrogen) atoms. The van der Waals surface area contributed by atoms with Crippen molar-refractivity contribution in [2.75, 3.05) is 12.9 Å². The van der Waals surface area contributed by atoms with Crippen LogP contribution in [-0.4, -0.2) is 27.2 Å². The third-order valence-corrected chi connectivity index (χ3v) is 1.90. The summed E-state index contributed by atoms with van der Waals surface area (Å²) < 4.78 is 23.1. The maximum absolute atomic E-state index is 10.6. The van der Waals surface area contributed by atoms with Gasteiger partial charge in [-0.3, -0.25) is 9.52 Å². The summed E-state index contributed by atoms with van der Waals surface area (Å²) in [6.45, 7) is 1.15. The average molecular weight is 166 g/mol. The summed E-state index contributed by atoms with van der Waals surface area (Å²) >= 11 is 0. The molecule has 0 aliphatic heterocycles. The third-order valence-electron chi connectivity index (χ3n) is 0.634. The van der Waals surface area contributed by atoms with Crippen LogP contribution in [0.25, 0.3) is 0 Å². The van der Waals surface area contributed by atoms with E-state index in [1.54, 1.807) is 4.72 Å². The van der Waals surface area contributed by atoms with Crippen molar-refractivity contribution in [2.45, 2.75) is 6.92 Å². The lowest BCUT2D eigenvalue weighted by Gasteiger charge is -2.01. The van der Waals surface area contributed by atoms with Crippen molar-refractivity contribution < 1.29 is 13.2 Å². The molecule has 0 heterocycles. The van der Waals surface area contributed by atoms with E-state index in [9.17, 15) is 13.2 Å². The van der Waals surface area contributed by atoms with Crippen molar-refractivity contribution in [1.29, 1.82) is 0 Å². The molecule has 1 amide bonds. The predicted molar refractivity (Wildman–Crippen MR) is 36.7 cm³/mol. The zero-order valence-electron chi connectivity index (χ0n) is 5.84.